The second kappa shape index (κ2) is 4.20. The molecule has 2 rings (SSSR count). The van der Waals surface area contributed by atoms with Crippen LogP contribution in [0.25, 0.3) is 0 Å². The van der Waals surface area contributed by atoms with Crippen molar-refractivity contribution in [2.45, 2.75) is 6.54 Å². The summed E-state index contributed by atoms with van der Waals surface area (Å²) >= 11 is 0. The van der Waals surface area contributed by atoms with Gasteiger partial charge in [0.05, 0.1) is 13.7 Å². The predicted octanol–water partition coefficient (Wildman–Crippen LogP) is -0.331. The lowest BCUT2D eigenvalue weighted by atomic mass is 10.2. The third kappa shape index (κ3) is 2.07. The molecule has 17 heavy (non-hydrogen) atoms. The fourth-order valence-electron chi connectivity index (χ4n) is 1.42. The molecular formula is C10H9N3O4. The molecule has 1 aromatic heterocycles. The maximum Gasteiger partial charge on any atom is 0.331 e. The van der Waals surface area contributed by atoms with Crippen molar-refractivity contribution in [3.63, 3.8) is 0 Å². The van der Waals surface area contributed by atoms with E-state index in [0.717, 1.165) is 4.90 Å². The van der Waals surface area contributed by atoms with Gasteiger partial charge in [0, 0.05) is 12.3 Å². The third-order valence-electron chi connectivity index (χ3n) is 2.25. The Kier molecular flexibility index (Phi) is 2.73. The van der Waals surface area contributed by atoms with Crippen molar-refractivity contribution in [1.82, 2.24) is 15.2 Å². The minimum absolute atomic E-state index is 0.00921. The number of methoxy groups -OCH3 is 1. The molecule has 0 spiro atoms. The Morgan fingerprint density at radius 1 is 1.41 bits per heavy atom. The molecule has 1 N–H and O–H groups in total. The molecule has 0 unspecified atom stereocenters. The number of nitrogens with one attached hydrogen (secondary N) is 1. The van der Waals surface area contributed by atoms with Gasteiger partial charge < -0.3 is 4.74 Å². The van der Waals surface area contributed by atoms with Gasteiger partial charge in [0.15, 0.2) is 0 Å². The fraction of sp³-hybridized carbons (Fsp3) is 0.200. The Hall–Kier alpha value is -2.44. The molecule has 1 aromatic rings. The molecular weight excluding hydrogens is 226 g/mol. The van der Waals surface area contributed by atoms with Crippen molar-refractivity contribution in [3.05, 3.63) is 23.9 Å². The molecule has 1 fully saturated rings. The average Bonchev–Trinajstić information content (AvgIpc) is 2.56. The first kappa shape index (κ1) is 11.1. The summed E-state index contributed by atoms with van der Waals surface area (Å²) in [6.07, 6.45) is 1.49. The number of carbonyl (C=O) groups is 3. The first-order chi connectivity index (χ1) is 8.11. The Balaban J connectivity index is 2.18. The lowest BCUT2D eigenvalue weighted by Gasteiger charge is -2.11. The van der Waals surface area contributed by atoms with Gasteiger partial charge in [0.25, 0.3) is 0 Å². The maximum absolute atomic E-state index is 11.3. The smallest absolute Gasteiger partial charge is 0.331 e. The first-order valence-corrected chi connectivity index (χ1v) is 4.77. The summed E-state index contributed by atoms with van der Waals surface area (Å²) in [6.45, 7) is 0.00921. The van der Waals surface area contributed by atoms with Crippen LogP contribution in [0.15, 0.2) is 18.3 Å². The highest BCUT2D eigenvalue weighted by molar-refractivity contribution is 6.44. The van der Waals surface area contributed by atoms with E-state index in [1.807, 2.05) is 5.32 Å². The summed E-state index contributed by atoms with van der Waals surface area (Å²) in [7, 11) is 1.46. The first-order valence-electron chi connectivity index (χ1n) is 4.77. The summed E-state index contributed by atoms with van der Waals surface area (Å²) in [5, 5.41) is 1.92. The Bertz CT molecular complexity index is 500. The van der Waals surface area contributed by atoms with E-state index in [2.05, 4.69) is 4.98 Å². The van der Waals surface area contributed by atoms with Gasteiger partial charge in [-0.15, -0.1) is 0 Å². The topological polar surface area (TPSA) is 88.6 Å². The van der Waals surface area contributed by atoms with Crippen molar-refractivity contribution >= 4 is 17.8 Å². The lowest BCUT2D eigenvalue weighted by molar-refractivity contribution is -0.140. The molecule has 1 aliphatic rings. The molecule has 7 nitrogen and oxygen atoms in total. The zero-order chi connectivity index (χ0) is 12.4. The van der Waals surface area contributed by atoms with Gasteiger partial charge in [-0.25, -0.2) is 9.78 Å². The van der Waals surface area contributed by atoms with Crippen LogP contribution in [0, 0.1) is 0 Å². The van der Waals surface area contributed by atoms with Crippen LogP contribution in [-0.2, 0) is 16.1 Å². The zero-order valence-corrected chi connectivity index (χ0v) is 8.97. The number of hydrogen-bond donors (Lipinski definition) is 1. The lowest BCUT2D eigenvalue weighted by Crippen LogP contribution is -2.30. The maximum atomic E-state index is 11.3. The fourth-order valence-corrected chi connectivity index (χ4v) is 1.42. The van der Waals surface area contributed by atoms with Gasteiger partial charge in [-0.3, -0.25) is 19.8 Å². The monoisotopic (exact) mass is 235 g/mol. The highest BCUT2D eigenvalue weighted by atomic mass is 16.5. The molecule has 0 aromatic carbocycles. The van der Waals surface area contributed by atoms with Crippen LogP contribution in [-0.4, -0.2) is 34.8 Å². The molecule has 2 heterocycles. The summed E-state index contributed by atoms with van der Waals surface area (Å²) in [5.74, 6) is -1.39. The third-order valence-corrected chi connectivity index (χ3v) is 2.25. The molecule has 7 heteroatoms. The largest absolute Gasteiger partial charge is 0.481 e. The molecule has 1 aliphatic heterocycles. The van der Waals surface area contributed by atoms with Crippen LogP contribution in [0.3, 0.4) is 0 Å². The quantitative estimate of drug-likeness (QED) is 0.572. The molecule has 1 saturated heterocycles. The average molecular weight is 235 g/mol. The van der Waals surface area contributed by atoms with Crippen molar-refractivity contribution in [3.8, 4) is 5.88 Å². The van der Waals surface area contributed by atoms with Crippen LogP contribution < -0.4 is 10.1 Å². The number of nitrogens with zero attached hydrogens (tertiary/aromatic N) is 2. The van der Waals surface area contributed by atoms with Gasteiger partial charge in [-0.1, -0.05) is 0 Å². The van der Waals surface area contributed by atoms with Crippen LogP contribution >= 0.6 is 0 Å². The Morgan fingerprint density at radius 2 is 2.18 bits per heavy atom. The number of urea groups is 1. The number of hydrogen-bond acceptors (Lipinski definition) is 5. The van der Waals surface area contributed by atoms with E-state index in [-0.39, 0.29) is 6.54 Å². The number of pyridine rings is 1. The summed E-state index contributed by atoms with van der Waals surface area (Å²) in [4.78, 5) is 38.3. The van der Waals surface area contributed by atoms with Gasteiger partial charge in [-0.2, -0.15) is 0 Å². The van der Waals surface area contributed by atoms with E-state index < -0.39 is 17.8 Å². The van der Waals surface area contributed by atoms with E-state index in [0.29, 0.717) is 11.4 Å². The van der Waals surface area contributed by atoms with Gasteiger partial charge in [0.1, 0.15) is 0 Å². The van der Waals surface area contributed by atoms with Crippen molar-refractivity contribution < 1.29 is 19.1 Å². The van der Waals surface area contributed by atoms with Crippen molar-refractivity contribution in [2.75, 3.05) is 7.11 Å². The summed E-state index contributed by atoms with van der Waals surface area (Å²) in [6, 6.07) is 2.51. The molecule has 0 saturated carbocycles. The SMILES string of the molecule is COc1cc(CN2C(=O)NC(=O)C2=O)ccn1. The molecule has 4 amide bonds. The van der Waals surface area contributed by atoms with E-state index >= 15 is 0 Å². The van der Waals surface area contributed by atoms with Crippen LogP contribution in [0.5, 0.6) is 5.88 Å². The minimum atomic E-state index is -0.906. The normalized spacial score (nSPS) is 15.1. The second-order valence-electron chi connectivity index (χ2n) is 3.36. The van der Waals surface area contributed by atoms with Gasteiger partial charge >= 0.3 is 17.8 Å². The number of imide groups is 2. The number of rotatable bonds is 3. The number of carbonyl (C=O) groups excluding carboxylic acids is 3. The molecule has 0 atom stereocenters. The molecule has 88 valence electrons. The number of aromatic nitrogens is 1. The minimum Gasteiger partial charge on any atom is -0.481 e. The second-order valence-corrected chi connectivity index (χ2v) is 3.36. The number of amides is 4. The molecule has 0 bridgehead atoms. The van der Waals surface area contributed by atoms with Crippen molar-refractivity contribution in [1.29, 1.82) is 0 Å². The zero-order valence-electron chi connectivity index (χ0n) is 8.97. The summed E-state index contributed by atoms with van der Waals surface area (Å²) < 4.78 is 4.91. The van der Waals surface area contributed by atoms with E-state index in [9.17, 15) is 14.4 Å². The van der Waals surface area contributed by atoms with Crippen LogP contribution in [0.2, 0.25) is 0 Å². The number of ether oxygens (including phenoxy) is 1. The standard InChI is InChI=1S/C10H9N3O4/c1-17-7-4-6(2-3-11-7)5-13-9(15)8(14)12-10(13)16/h2-4H,5H2,1H3,(H,12,14,16). The van der Waals surface area contributed by atoms with E-state index in [1.54, 1.807) is 12.1 Å². The van der Waals surface area contributed by atoms with Crippen molar-refractivity contribution in [2.24, 2.45) is 0 Å². The molecule has 0 radical (unpaired) electrons. The van der Waals surface area contributed by atoms with Crippen LogP contribution in [0.4, 0.5) is 4.79 Å². The Morgan fingerprint density at radius 3 is 2.76 bits per heavy atom. The van der Waals surface area contributed by atoms with Crippen LogP contribution in [0.1, 0.15) is 5.56 Å². The van der Waals surface area contributed by atoms with Gasteiger partial charge in [0.2, 0.25) is 5.88 Å². The van der Waals surface area contributed by atoms with Gasteiger partial charge in [-0.05, 0) is 11.6 Å². The highest BCUT2D eigenvalue weighted by Crippen LogP contribution is 2.13. The predicted molar refractivity (Wildman–Crippen MR) is 54.9 cm³/mol. The Labute approximate surface area is 96.4 Å². The summed E-state index contributed by atoms with van der Waals surface area (Å²) in [5.41, 5.74) is 0.648. The van der Waals surface area contributed by atoms with E-state index in [4.69, 9.17) is 4.74 Å². The molecule has 0 aliphatic carbocycles. The van der Waals surface area contributed by atoms with E-state index in [1.165, 1.54) is 13.3 Å². The highest BCUT2D eigenvalue weighted by Gasteiger charge is 2.36.